The van der Waals surface area contributed by atoms with Crippen LogP contribution in [-0.4, -0.2) is 8.42 Å². The molecule has 0 aliphatic heterocycles. The van der Waals surface area contributed by atoms with E-state index in [4.69, 9.17) is 11.5 Å². The summed E-state index contributed by atoms with van der Waals surface area (Å²) in [5.74, 6) is 0. The molecule has 3 aromatic rings. The fraction of sp³-hybridized carbons (Fsp3) is 0.143. The van der Waals surface area contributed by atoms with E-state index in [9.17, 15) is 8.42 Å². The van der Waals surface area contributed by atoms with Crippen molar-refractivity contribution < 1.29 is 8.42 Å². The van der Waals surface area contributed by atoms with E-state index in [0.717, 1.165) is 28.1 Å². The van der Waals surface area contributed by atoms with Gasteiger partial charge in [-0.2, -0.15) is 0 Å². The van der Waals surface area contributed by atoms with E-state index in [1.165, 1.54) is 0 Å². The van der Waals surface area contributed by atoms with Gasteiger partial charge in [0.25, 0.3) is 0 Å². The number of nitrogen functional groups attached to an aromatic ring is 2. The Morgan fingerprint density at radius 2 is 1.00 bits per heavy atom. The maximum Gasteiger partial charge on any atom is 0.206 e. The monoisotopic (exact) mass is 368 g/mol. The molecule has 0 bridgehead atoms. The molecule has 0 radical (unpaired) electrons. The molecule has 26 heavy (non-hydrogen) atoms. The fourth-order valence-corrected chi connectivity index (χ4v) is 3.86. The fourth-order valence-electron chi connectivity index (χ4n) is 2.55. The second-order valence-electron chi connectivity index (χ2n) is 6.09. The number of benzene rings is 3. The van der Waals surface area contributed by atoms with Gasteiger partial charge in [0.1, 0.15) is 0 Å². The smallest absolute Gasteiger partial charge is 0.206 e. The molecular formula is C21H24N2O2S. The predicted molar refractivity (Wildman–Crippen MR) is 108 cm³/mol. The summed E-state index contributed by atoms with van der Waals surface area (Å²) in [5, 5.41) is 0. The first-order chi connectivity index (χ1) is 12.2. The highest BCUT2D eigenvalue weighted by atomic mass is 32.2. The normalized spacial score (nSPS) is 10.7. The Morgan fingerprint density at radius 3 is 1.35 bits per heavy atom. The quantitative estimate of drug-likeness (QED) is 0.661. The maximum absolute atomic E-state index is 12.0. The van der Waals surface area contributed by atoms with Crippen LogP contribution >= 0.6 is 0 Å². The van der Waals surface area contributed by atoms with Gasteiger partial charge >= 0.3 is 0 Å². The number of anilines is 2. The van der Waals surface area contributed by atoms with E-state index >= 15 is 0 Å². The lowest BCUT2D eigenvalue weighted by molar-refractivity contribution is 0.596. The summed E-state index contributed by atoms with van der Waals surface area (Å²) in [5.41, 5.74) is 16.4. The highest BCUT2D eigenvalue weighted by Crippen LogP contribution is 2.25. The van der Waals surface area contributed by atoms with Gasteiger partial charge in [-0.15, -0.1) is 0 Å². The lowest BCUT2D eigenvalue weighted by Gasteiger charge is -2.09. The third-order valence-corrected chi connectivity index (χ3v) is 5.98. The van der Waals surface area contributed by atoms with Gasteiger partial charge in [0.2, 0.25) is 9.84 Å². The summed E-state index contributed by atoms with van der Waals surface area (Å²) in [6.07, 6.45) is 0. The van der Waals surface area contributed by atoms with Gasteiger partial charge in [-0.1, -0.05) is 42.5 Å². The molecule has 3 rings (SSSR count). The molecule has 0 aliphatic carbocycles. The highest BCUT2D eigenvalue weighted by molar-refractivity contribution is 7.91. The minimum atomic E-state index is -3.34. The molecule has 4 N–H and O–H groups in total. The van der Waals surface area contributed by atoms with Crippen molar-refractivity contribution in [1.82, 2.24) is 0 Å². The molecule has 0 amide bonds. The molecule has 136 valence electrons. The lowest BCUT2D eigenvalue weighted by atomic mass is 10.0. The summed E-state index contributed by atoms with van der Waals surface area (Å²) in [6.45, 7) is 5.94. The third-order valence-electron chi connectivity index (χ3n) is 4.20. The Hall–Kier alpha value is -2.79. The third kappa shape index (κ3) is 4.24. The van der Waals surface area contributed by atoms with Crippen molar-refractivity contribution in [2.75, 3.05) is 11.5 Å². The van der Waals surface area contributed by atoms with Gasteiger partial charge in [-0.3, -0.25) is 0 Å². The van der Waals surface area contributed by atoms with Crippen LogP contribution in [0.15, 0.2) is 76.5 Å². The topological polar surface area (TPSA) is 86.2 Å². The molecule has 0 saturated carbocycles. The van der Waals surface area contributed by atoms with Gasteiger partial charge < -0.3 is 11.5 Å². The minimum Gasteiger partial charge on any atom is -0.398 e. The zero-order valence-corrected chi connectivity index (χ0v) is 16.0. The second kappa shape index (κ2) is 8.06. The van der Waals surface area contributed by atoms with Gasteiger partial charge in [-0.05, 0) is 61.7 Å². The molecule has 3 aromatic carbocycles. The van der Waals surface area contributed by atoms with Gasteiger partial charge in [-0.25, -0.2) is 8.42 Å². The average Bonchev–Trinajstić information content (AvgIpc) is 2.67. The number of hydrogen-bond donors (Lipinski definition) is 2. The Bertz CT molecular complexity index is 912. The Labute approximate surface area is 155 Å². The first-order valence-corrected chi connectivity index (χ1v) is 9.70. The molecule has 0 aliphatic rings. The molecule has 0 heterocycles. The summed E-state index contributed by atoms with van der Waals surface area (Å²) in [7, 11) is -3.34. The second-order valence-corrected chi connectivity index (χ2v) is 8.04. The van der Waals surface area contributed by atoms with Crippen LogP contribution in [0.5, 0.6) is 0 Å². The molecule has 0 fully saturated rings. The maximum atomic E-state index is 12.0. The van der Waals surface area contributed by atoms with Crippen LogP contribution in [0, 0.1) is 20.8 Å². The molecule has 0 aromatic heterocycles. The number of rotatable bonds is 2. The standard InChI is InChI=1S/C12H10O2S.C9H14N2/c13-15(14,11-7-3-1-4-8-11)12-9-5-2-6-10-12;1-5-4-6(2)9(11)7(3)8(5)10/h1-10H;4H,10-11H2,1-3H3. The van der Waals surface area contributed by atoms with Crippen LogP contribution in [0.3, 0.4) is 0 Å². The molecule has 0 spiro atoms. The minimum absolute atomic E-state index is 0.330. The number of sulfone groups is 1. The molecule has 4 nitrogen and oxygen atoms in total. The first kappa shape index (κ1) is 19.5. The van der Waals surface area contributed by atoms with Crippen molar-refractivity contribution in [1.29, 1.82) is 0 Å². The predicted octanol–water partition coefficient (Wildman–Crippen LogP) is 4.30. The average molecular weight is 369 g/mol. The molecule has 5 heteroatoms. The molecule has 0 saturated heterocycles. The van der Waals surface area contributed by atoms with Crippen LogP contribution in [0.2, 0.25) is 0 Å². The molecular weight excluding hydrogens is 344 g/mol. The summed E-state index contributed by atoms with van der Waals surface area (Å²) in [6, 6.07) is 18.9. The first-order valence-electron chi connectivity index (χ1n) is 8.22. The molecule has 0 atom stereocenters. The van der Waals surface area contributed by atoms with Crippen LogP contribution in [-0.2, 0) is 9.84 Å². The van der Waals surface area contributed by atoms with Crippen molar-refractivity contribution in [3.8, 4) is 0 Å². The van der Waals surface area contributed by atoms with Gasteiger partial charge in [0.15, 0.2) is 0 Å². The molecule has 0 unspecified atom stereocenters. The van der Waals surface area contributed by atoms with E-state index in [2.05, 4.69) is 0 Å². The number of hydrogen-bond acceptors (Lipinski definition) is 4. The zero-order chi connectivity index (χ0) is 19.3. The van der Waals surface area contributed by atoms with Crippen molar-refractivity contribution in [2.45, 2.75) is 30.6 Å². The van der Waals surface area contributed by atoms with E-state index in [0.29, 0.717) is 9.79 Å². The number of aryl methyl sites for hydroxylation is 2. The summed E-state index contributed by atoms with van der Waals surface area (Å²) >= 11 is 0. The Kier molecular flexibility index (Phi) is 6.05. The Balaban J connectivity index is 0.000000197. The van der Waals surface area contributed by atoms with Crippen LogP contribution in [0.4, 0.5) is 11.4 Å². The number of nitrogens with two attached hydrogens (primary N) is 2. The van der Waals surface area contributed by atoms with Crippen molar-refractivity contribution >= 4 is 21.2 Å². The van der Waals surface area contributed by atoms with Crippen molar-refractivity contribution in [3.05, 3.63) is 83.4 Å². The van der Waals surface area contributed by atoms with Crippen LogP contribution in [0.25, 0.3) is 0 Å². The van der Waals surface area contributed by atoms with Crippen LogP contribution < -0.4 is 11.5 Å². The van der Waals surface area contributed by atoms with E-state index in [-0.39, 0.29) is 0 Å². The van der Waals surface area contributed by atoms with E-state index < -0.39 is 9.84 Å². The SMILES string of the molecule is Cc1cc(C)c(N)c(C)c1N.O=S(=O)(c1ccccc1)c1ccccc1. The van der Waals surface area contributed by atoms with Crippen molar-refractivity contribution in [2.24, 2.45) is 0 Å². The zero-order valence-electron chi connectivity index (χ0n) is 15.2. The van der Waals surface area contributed by atoms with Crippen molar-refractivity contribution in [3.63, 3.8) is 0 Å². The van der Waals surface area contributed by atoms with Gasteiger partial charge in [0.05, 0.1) is 9.79 Å². The lowest BCUT2D eigenvalue weighted by Crippen LogP contribution is -2.00. The largest absolute Gasteiger partial charge is 0.398 e. The van der Waals surface area contributed by atoms with E-state index in [1.54, 1.807) is 60.7 Å². The Morgan fingerprint density at radius 1 is 0.654 bits per heavy atom. The summed E-state index contributed by atoms with van der Waals surface area (Å²) < 4.78 is 24.1. The summed E-state index contributed by atoms with van der Waals surface area (Å²) in [4.78, 5) is 0.660. The van der Waals surface area contributed by atoms with E-state index in [1.807, 2.05) is 26.8 Å². The highest BCUT2D eigenvalue weighted by Gasteiger charge is 2.15. The van der Waals surface area contributed by atoms with Crippen LogP contribution in [0.1, 0.15) is 16.7 Å². The van der Waals surface area contributed by atoms with Gasteiger partial charge in [0, 0.05) is 11.4 Å².